The first-order valence-electron chi connectivity index (χ1n) is 11.1. The van der Waals surface area contributed by atoms with Crippen molar-refractivity contribution in [1.82, 2.24) is 9.88 Å². The van der Waals surface area contributed by atoms with E-state index < -0.39 is 0 Å². The van der Waals surface area contributed by atoms with Gasteiger partial charge >= 0.3 is 0 Å². The standard InChI is InChI=1S/C28H27N3OS/c1-31(2)17-16-29-26-23-18-20(9-8-19-10-13-21(33-3)14-11-19)12-15-24(23)30-27-22-6-4-5-7-25(22)32-28(26)27/h4-15,18H,16-17H2,1-3H3,(H,29,30)/b9-8+. The predicted octanol–water partition coefficient (Wildman–Crippen LogP) is 7.00. The number of likely N-dealkylation sites (N-methyl/N-ethyl adjacent to an activating group) is 1. The van der Waals surface area contributed by atoms with Gasteiger partial charge in [0.25, 0.3) is 0 Å². The lowest BCUT2D eigenvalue weighted by molar-refractivity contribution is 0.425. The molecule has 0 aliphatic heterocycles. The zero-order valence-corrected chi connectivity index (χ0v) is 19.9. The van der Waals surface area contributed by atoms with Gasteiger partial charge in [0.1, 0.15) is 11.1 Å². The van der Waals surface area contributed by atoms with Crippen molar-refractivity contribution >= 4 is 62.6 Å². The molecule has 0 radical (unpaired) electrons. The summed E-state index contributed by atoms with van der Waals surface area (Å²) in [4.78, 5) is 8.42. The Morgan fingerprint density at radius 1 is 0.939 bits per heavy atom. The minimum Gasteiger partial charge on any atom is -0.452 e. The normalized spacial score (nSPS) is 12.0. The number of anilines is 1. The molecule has 5 heteroatoms. The molecule has 0 aliphatic rings. The summed E-state index contributed by atoms with van der Waals surface area (Å²) < 4.78 is 6.28. The molecule has 0 unspecified atom stereocenters. The van der Waals surface area contributed by atoms with Crippen LogP contribution in [-0.2, 0) is 0 Å². The summed E-state index contributed by atoms with van der Waals surface area (Å²) in [6, 6.07) is 23.1. The zero-order chi connectivity index (χ0) is 22.8. The highest BCUT2D eigenvalue weighted by molar-refractivity contribution is 7.98. The highest BCUT2D eigenvalue weighted by atomic mass is 32.2. The van der Waals surface area contributed by atoms with Crippen LogP contribution in [0.4, 0.5) is 5.69 Å². The average molecular weight is 454 g/mol. The lowest BCUT2D eigenvalue weighted by Gasteiger charge is -2.14. The van der Waals surface area contributed by atoms with Gasteiger partial charge in [0.05, 0.1) is 11.2 Å². The Morgan fingerprint density at radius 3 is 2.48 bits per heavy atom. The monoisotopic (exact) mass is 453 g/mol. The van der Waals surface area contributed by atoms with Crippen LogP contribution in [0.15, 0.2) is 76.0 Å². The van der Waals surface area contributed by atoms with Crippen molar-refractivity contribution in [2.24, 2.45) is 0 Å². The van der Waals surface area contributed by atoms with Gasteiger partial charge in [-0.3, -0.25) is 0 Å². The predicted molar refractivity (Wildman–Crippen MR) is 143 cm³/mol. The molecule has 0 spiro atoms. The molecule has 0 amide bonds. The molecular formula is C28H27N3OS. The Bertz CT molecular complexity index is 1450. The number of nitrogens with one attached hydrogen (secondary N) is 1. The molecule has 33 heavy (non-hydrogen) atoms. The molecule has 1 N–H and O–H groups in total. The fourth-order valence-corrected chi connectivity index (χ4v) is 4.41. The number of para-hydroxylation sites is 1. The van der Waals surface area contributed by atoms with Crippen LogP contribution in [0.3, 0.4) is 0 Å². The molecule has 3 aromatic carbocycles. The van der Waals surface area contributed by atoms with E-state index in [-0.39, 0.29) is 0 Å². The molecule has 166 valence electrons. The molecule has 2 aromatic heterocycles. The van der Waals surface area contributed by atoms with E-state index in [1.54, 1.807) is 11.8 Å². The third-order valence-electron chi connectivity index (χ3n) is 5.76. The van der Waals surface area contributed by atoms with Gasteiger partial charge in [-0.05, 0) is 67.9 Å². The van der Waals surface area contributed by atoms with Crippen molar-refractivity contribution in [2.75, 3.05) is 38.8 Å². The van der Waals surface area contributed by atoms with Gasteiger partial charge in [-0.1, -0.05) is 42.5 Å². The first-order chi connectivity index (χ1) is 16.1. The van der Waals surface area contributed by atoms with E-state index in [0.717, 1.165) is 57.3 Å². The Balaban J connectivity index is 1.60. The Morgan fingerprint density at radius 2 is 1.70 bits per heavy atom. The van der Waals surface area contributed by atoms with Crippen molar-refractivity contribution in [1.29, 1.82) is 0 Å². The molecule has 0 saturated heterocycles. The maximum absolute atomic E-state index is 6.28. The van der Waals surface area contributed by atoms with Gasteiger partial charge < -0.3 is 14.6 Å². The molecule has 0 saturated carbocycles. The molecule has 0 bridgehead atoms. The van der Waals surface area contributed by atoms with Gasteiger partial charge in [-0.2, -0.15) is 0 Å². The first-order valence-corrected chi connectivity index (χ1v) is 12.3. The van der Waals surface area contributed by atoms with Gasteiger partial charge in [0.15, 0.2) is 5.58 Å². The molecule has 4 nitrogen and oxygen atoms in total. The number of aromatic nitrogens is 1. The first kappa shape index (κ1) is 21.6. The van der Waals surface area contributed by atoms with Crippen LogP contribution in [0, 0.1) is 0 Å². The third kappa shape index (κ3) is 4.47. The van der Waals surface area contributed by atoms with Crippen molar-refractivity contribution < 1.29 is 4.42 Å². The summed E-state index contributed by atoms with van der Waals surface area (Å²) in [7, 11) is 4.16. The van der Waals surface area contributed by atoms with Crippen LogP contribution in [0.5, 0.6) is 0 Å². The summed E-state index contributed by atoms with van der Waals surface area (Å²) in [6.45, 7) is 1.75. The zero-order valence-electron chi connectivity index (χ0n) is 19.1. The summed E-state index contributed by atoms with van der Waals surface area (Å²) in [5.74, 6) is 0. The average Bonchev–Trinajstić information content (AvgIpc) is 3.21. The smallest absolute Gasteiger partial charge is 0.177 e. The number of benzene rings is 3. The molecule has 5 rings (SSSR count). The summed E-state index contributed by atoms with van der Waals surface area (Å²) >= 11 is 1.76. The quantitative estimate of drug-likeness (QED) is 0.212. The van der Waals surface area contributed by atoms with E-state index in [0.29, 0.717) is 0 Å². The summed E-state index contributed by atoms with van der Waals surface area (Å²) in [5.41, 5.74) is 6.86. The van der Waals surface area contributed by atoms with Crippen molar-refractivity contribution in [3.8, 4) is 0 Å². The number of furan rings is 1. The van der Waals surface area contributed by atoms with Crippen LogP contribution in [-0.4, -0.2) is 43.3 Å². The molecule has 0 aliphatic carbocycles. The second kappa shape index (κ2) is 9.30. The maximum atomic E-state index is 6.28. The van der Waals surface area contributed by atoms with E-state index in [4.69, 9.17) is 9.40 Å². The molecule has 5 aromatic rings. The van der Waals surface area contributed by atoms with Crippen molar-refractivity contribution in [2.45, 2.75) is 4.90 Å². The van der Waals surface area contributed by atoms with E-state index in [1.165, 1.54) is 10.5 Å². The van der Waals surface area contributed by atoms with Crippen LogP contribution in [0.2, 0.25) is 0 Å². The number of hydrogen-bond donors (Lipinski definition) is 1. The SMILES string of the molecule is CSc1ccc(/C=C/c2ccc3nc4c(oc5ccccc54)c(NCCN(C)C)c3c2)cc1. The minimum absolute atomic E-state index is 0.816. The maximum Gasteiger partial charge on any atom is 0.177 e. The van der Waals surface area contributed by atoms with E-state index in [9.17, 15) is 0 Å². The van der Waals surface area contributed by atoms with E-state index in [2.05, 4.69) is 91.3 Å². The Labute approximate surface area is 198 Å². The molecule has 0 fully saturated rings. The van der Waals surface area contributed by atoms with Crippen LogP contribution in [0.25, 0.3) is 45.1 Å². The number of fused-ring (bicyclic) bond motifs is 4. The van der Waals surface area contributed by atoms with Gasteiger partial charge in [0, 0.05) is 28.8 Å². The largest absolute Gasteiger partial charge is 0.452 e. The van der Waals surface area contributed by atoms with Crippen LogP contribution in [0.1, 0.15) is 11.1 Å². The minimum atomic E-state index is 0.816. The number of thioether (sulfide) groups is 1. The van der Waals surface area contributed by atoms with Crippen LogP contribution >= 0.6 is 11.8 Å². The number of nitrogens with zero attached hydrogens (tertiary/aromatic N) is 2. The highest BCUT2D eigenvalue weighted by Crippen LogP contribution is 2.37. The molecular weight excluding hydrogens is 426 g/mol. The fraction of sp³-hybridized carbons (Fsp3) is 0.179. The fourth-order valence-electron chi connectivity index (χ4n) is 4.00. The lowest BCUT2D eigenvalue weighted by atomic mass is 10.1. The molecule has 2 heterocycles. The van der Waals surface area contributed by atoms with E-state index in [1.807, 2.05) is 18.2 Å². The lowest BCUT2D eigenvalue weighted by Crippen LogP contribution is -2.21. The number of hydrogen-bond acceptors (Lipinski definition) is 5. The van der Waals surface area contributed by atoms with Crippen LogP contribution < -0.4 is 5.32 Å². The molecule has 0 atom stereocenters. The highest BCUT2D eigenvalue weighted by Gasteiger charge is 2.16. The summed E-state index contributed by atoms with van der Waals surface area (Å²) in [6.07, 6.45) is 6.40. The van der Waals surface area contributed by atoms with Crippen molar-refractivity contribution in [3.05, 3.63) is 77.9 Å². The summed E-state index contributed by atoms with van der Waals surface area (Å²) in [5, 5.41) is 5.75. The van der Waals surface area contributed by atoms with Gasteiger partial charge in [0.2, 0.25) is 0 Å². The second-order valence-electron chi connectivity index (χ2n) is 8.38. The van der Waals surface area contributed by atoms with Gasteiger partial charge in [-0.25, -0.2) is 4.98 Å². The Hall–Kier alpha value is -3.28. The van der Waals surface area contributed by atoms with E-state index >= 15 is 0 Å². The van der Waals surface area contributed by atoms with Gasteiger partial charge in [-0.15, -0.1) is 11.8 Å². The second-order valence-corrected chi connectivity index (χ2v) is 9.26. The third-order valence-corrected chi connectivity index (χ3v) is 6.51. The number of rotatable bonds is 7. The topological polar surface area (TPSA) is 41.3 Å². The Kier molecular flexibility index (Phi) is 6.07. The number of pyridine rings is 1. The van der Waals surface area contributed by atoms with Crippen molar-refractivity contribution in [3.63, 3.8) is 0 Å².